The van der Waals surface area contributed by atoms with Crippen molar-refractivity contribution >= 4 is 34.4 Å². The van der Waals surface area contributed by atoms with Crippen molar-refractivity contribution in [2.24, 2.45) is 0 Å². The van der Waals surface area contributed by atoms with Crippen molar-refractivity contribution in [1.29, 1.82) is 0 Å². The smallest absolute Gasteiger partial charge is 0.252 e. The molecule has 4 rings (SSSR count). The van der Waals surface area contributed by atoms with E-state index in [4.69, 9.17) is 4.74 Å². The second-order valence-corrected chi connectivity index (χ2v) is 7.73. The maximum Gasteiger partial charge on any atom is 0.252 e. The molecule has 5 nitrogen and oxygen atoms in total. The van der Waals surface area contributed by atoms with Crippen LogP contribution in [0, 0.1) is 6.92 Å². The highest BCUT2D eigenvalue weighted by atomic mass is 32.2. The summed E-state index contributed by atoms with van der Waals surface area (Å²) in [5.74, 6) is 0.607. The Bertz CT molecular complexity index is 1050. The van der Waals surface area contributed by atoms with Gasteiger partial charge in [0.05, 0.1) is 18.2 Å². The fourth-order valence-corrected chi connectivity index (χ4v) is 3.95. The van der Waals surface area contributed by atoms with E-state index in [0.717, 1.165) is 40.6 Å². The quantitative estimate of drug-likeness (QED) is 0.596. The van der Waals surface area contributed by atoms with Gasteiger partial charge in [0.15, 0.2) is 0 Å². The van der Waals surface area contributed by atoms with Gasteiger partial charge in [0.2, 0.25) is 0 Å². The van der Waals surface area contributed by atoms with E-state index in [1.54, 1.807) is 31.3 Å². The van der Waals surface area contributed by atoms with Crippen LogP contribution in [0.15, 0.2) is 48.7 Å². The Hall–Kier alpha value is -2.73. The average molecular weight is 394 g/mol. The average Bonchev–Trinajstić information content (AvgIpc) is 3.48. The summed E-state index contributed by atoms with van der Waals surface area (Å²) < 4.78 is 8.59. The third kappa shape index (κ3) is 3.40. The number of ether oxygens (including phenoxy) is 1. The van der Waals surface area contributed by atoms with Gasteiger partial charge in [-0.2, -0.15) is 0 Å². The molecule has 1 saturated carbocycles. The van der Waals surface area contributed by atoms with Gasteiger partial charge in [-0.05, 0) is 61.2 Å². The number of hydrogen-bond donors (Lipinski definition) is 2. The van der Waals surface area contributed by atoms with Gasteiger partial charge in [0.25, 0.3) is 5.91 Å². The van der Waals surface area contributed by atoms with E-state index < -0.39 is 0 Å². The Morgan fingerprint density at radius 1 is 1.21 bits per heavy atom. The second kappa shape index (κ2) is 7.36. The number of carbonyl (C=O) groups is 1. The third-order valence-corrected chi connectivity index (χ3v) is 5.69. The van der Waals surface area contributed by atoms with E-state index in [1.165, 1.54) is 0 Å². The molecule has 1 amide bonds. The minimum atomic E-state index is -0.357. The van der Waals surface area contributed by atoms with Gasteiger partial charge in [0, 0.05) is 29.1 Å². The summed E-state index contributed by atoms with van der Waals surface area (Å²) in [5, 5.41) is 4.37. The minimum Gasteiger partial charge on any atom is -0.497 e. The molecule has 3 aromatic rings. The maximum absolute atomic E-state index is 13.1. The fourth-order valence-electron chi connectivity index (χ4n) is 3.60. The predicted octanol–water partition coefficient (Wildman–Crippen LogP) is 4.66. The number of methoxy groups -OCH3 is 1. The molecule has 2 aromatic carbocycles. The van der Waals surface area contributed by atoms with E-state index in [1.807, 2.05) is 37.4 Å². The Kier molecular flexibility index (Phi) is 4.89. The summed E-state index contributed by atoms with van der Waals surface area (Å²) in [7, 11) is 1.61. The molecule has 0 atom stereocenters. The molecule has 0 aliphatic heterocycles. The van der Waals surface area contributed by atoms with Crippen LogP contribution >= 0.6 is 11.9 Å². The molecule has 28 heavy (non-hydrogen) atoms. The van der Waals surface area contributed by atoms with Crippen molar-refractivity contribution in [2.45, 2.75) is 25.3 Å². The van der Waals surface area contributed by atoms with Crippen LogP contribution in [0.1, 0.15) is 34.3 Å². The minimum absolute atomic E-state index is 0.0748. The van der Waals surface area contributed by atoms with Crippen LogP contribution in [0.4, 0.5) is 5.69 Å². The number of fused-ring (bicyclic) bond motifs is 1. The van der Waals surface area contributed by atoms with Crippen LogP contribution < -0.4 is 14.8 Å². The topological polar surface area (TPSA) is 63.2 Å². The van der Waals surface area contributed by atoms with Crippen molar-refractivity contribution in [3.8, 4) is 5.75 Å². The number of carbonyl (C=O) groups excluding carboxylic acids is 1. The monoisotopic (exact) mass is 393 g/mol. The van der Waals surface area contributed by atoms with Gasteiger partial charge in [0.1, 0.15) is 5.75 Å². The lowest BCUT2D eigenvalue weighted by atomic mass is 9.97. The molecule has 1 aromatic heterocycles. The van der Waals surface area contributed by atoms with Crippen LogP contribution in [-0.4, -0.2) is 24.3 Å². The highest BCUT2D eigenvalue weighted by molar-refractivity contribution is 7.99. The Morgan fingerprint density at radius 3 is 2.75 bits per heavy atom. The van der Waals surface area contributed by atoms with Crippen molar-refractivity contribution in [3.63, 3.8) is 0 Å². The number of rotatable bonds is 6. The van der Waals surface area contributed by atoms with Crippen molar-refractivity contribution in [1.82, 2.24) is 10.3 Å². The molecule has 0 bridgehead atoms. The standard InChI is InChI=1S/C22H23N3O2S/c1-14-6-7-16(27-2)13-18(14)21(26)24-22(8-9-22)19-11-15(25-28-3)12-20-17(19)5-4-10-23-20/h4-7,10-13,25H,8-9H2,1-3H3,(H,24,26). The summed E-state index contributed by atoms with van der Waals surface area (Å²) >= 11 is 1.54. The molecule has 1 aliphatic carbocycles. The first-order valence-electron chi connectivity index (χ1n) is 9.22. The number of amides is 1. The van der Waals surface area contributed by atoms with Gasteiger partial charge in [-0.15, -0.1) is 0 Å². The summed E-state index contributed by atoms with van der Waals surface area (Å²) in [6, 6.07) is 13.8. The molecule has 0 radical (unpaired) electrons. The summed E-state index contributed by atoms with van der Waals surface area (Å²) in [5.41, 5.74) is 4.25. The normalized spacial score (nSPS) is 14.5. The van der Waals surface area contributed by atoms with Gasteiger partial charge >= 0.3 is 0 Å². The molecule has 1 aliphatic rings. The summed E-state index contributed by atoms with van der Waals surface area (Å²) in [4.78, 5) is 17.6. The number of hydrogen-bond acceptors (Lipinski definition) is 5. The SMILES string of the molecule is COc1ccc(C)c(C(=O)NC2(c3cc(NSC)cc4ncccc34)CC2)c1. The van der Waals surface area contributed by atoms with E-state index in [2.05, 4.69) is 27.2 Å². The van der Waals surface area contributed by atoms with Crippen LogP contribution in [0.25, 0.3) is 10.9 Å². The van der Waals surface area contributed by atoms with E-state index in [-0.39, 0.29) is 11.4 Å². The molecular weight excluding hydrogens is 370 g/mol. The van der Waals surface area contributed by atoms with Crippen molar-refractivity contribution in [3.05, 3.63) is 65.4 Å². The predicted molar refractivity (Wildman–Crippen MR) is 115 cm³/mol. The largest absolute Gasteiger partial charge is 0.497 e. The van der Waals surface area contributed by atoms with E-state index >= 15 is 0 Å². The number of pyridine rings is 1. The second-order valence-electron chi connectivity index (χ2n) is 7.12. The highest BCUT2D eigenvalue weighted by Crippen LogP contribution is 2.49. The zero-order chi connectivity index (χ0) is 19.7. The molecular formula is C22H23N3O2S. The lowest BCUT2D eigenvalue weighted by Gasteiger charge is -2.22. The molecule has 1 fully saturated rings. The first kappa shape index (κ1) is 18.6. The number of nitrogens with one attached hydrogen (secondary N) is 2. The molecule has 1 heterocycles. The van der Waals surface area contributed by atoms with Crippen LogP contribution in [0.3, 0.4) is 0 Å². The third-order valence-electron chi connectivity index (χ3n) is 5.25. The van der Waals surface area contributed by atoms with Crippen molar-refractivity contribution < 1.29 is 9.53 Å². The zero-order valence-electron chi connectivity index (χ0n) is 16.2. The van der Waals surface area contributed by atoms with Gasteiger partial charge in [-0.25, -0.2) is 0 Å². The number of anilines is 1. The Labute approximate surface area is 169 Å². The maximum atomic E-state index is 13.1. The van der Waals surface area contributed by atoms with Crippen LogP contribution in [-0.2, 0) is 5.54 Å². The highest BCUT2D eigenvalue weighted by Gasteiger charge is 2.47. The van der Waals surface area contributed by atoms with Crippen molar-refractivity contribution in [2.75, 3.05) is 18.1 Å². The van der Waals surface area contributed by atoms with E-state index in [9.17, 15) is 4.79 Å². The Balaban J connectivity index is 1.73. The number of benzene rings is 2. The van der Waals surface area contributed by atoms with Gasteiger partial charge < -0.3 is 14.8 Å². The first-order valence-corrected chi connectivity index (χ1v) is 10.4. The van der Waals surface area contributed by atoms with E-state index in [0.29, 0.717) is 11.3 Å². The molecule has 6 heteroatoms. The molecule has 0 unspecified atom stereocenters. The van der Waals surface area contributed by atoms with Gasteiger partial charge in [-0.3, -0.25) is 9.78 Å². The lowest BCUT2D eigenvalue weighted by molar-refractivity contribution is 0.0930. The summed E-state index contributed by atoms with van der Waals surface area (Å²) in [6.07, 6.45) is 5.61. The fraction of sp³-hybridized carbons (Fsp3) is 0.273. The van der Waals surface area contributed by atoms with Gasteiger partial charge in [-0.1, -0.05) is 24.1 Å². The first-order chi connectivity index (χ1) is 13.6. The summed E-state index contributed by atoms with van der Waals surface area (Å²) in [6.45, 7) is 1.94. The molecule has 144 valence electrons. The number of aryl methyl sites for hydroxylation is 1. The molecule has 2 N–H and O–H groups in total. The molecule has 0 spiro atoms. The van der Waals surface area contributed by atoms with Crippen LogP contribution in [0.5, 0.6) is 5.75 Å². The Morgan fingerprint density at radius 2 is 2.04 bits per heavy atom. The van der Waals surface area contributed by atoms with Crippen LogP contribution in [0.2, 0.25) is 0 Å². The lowest BCUT2D eigenvalue weighted by Crippen LogP contribution is -2.35. The molecule has 0 saturated heterocycles. The zero-order valence-corrected chi connectivity index (χ0v) is 17.0. The number of aromatic nitrogens is 1. The number of nitrogens with zero attached hydrogens (tertiary/aromatic N) is 1.